The number of aromatic nitrogens is 2. The van der Waals surface area contributed by atoms with Crippen molar-refractivity contribution in [1.82, 2.24) is 15.1 Å². The van der Waals surface area contributed by atoms with Gasteiger partial charge in [-0.2, -0.15) is 5.10 Å². The van der Waals surface area contributed by atoms with Crippen LogP contribution in [0.25, 0.3) is 0 Å². The Morgan fingerprint density at radius 1 is 1.45 bits per heavy atom. The molecule has 0 aliphatic rings. The Morgan fingerprint density at radius 2 is 2.14 bits per heavy atom. The molecule has 0 bridgehead atoms. The highest BCUT2D eigenvalue weighted by Gasteiger charge is 2.25. The van der Waals surface area contributed by atoms with Crippen molar-refractivity contribution in [2.24, 2.45) is 7.05 Å². The van der Waals surface area contributed by atoms with Crippen LogP contribution in [0.4, 0.5) is 4.39 Å². The molecule has 1 aromatic heterocycles. The topological polar surface area (TPSA) is 67.2 Å². The molecular formula is C15H18FN3O2S. The van der Waals surface area contributed by atoms with Crippen LogP contribution >= 0.6 is 11.8 Å². The normalized spacial score (nSPS) is 13.6. The molecule has 118 valence electrons. The van der Waals surface area contributed by atoms with Crippen molar-refractivity contribution in [3.8, 4) is 0 Å². The van der Waals surface area contributed by atoms with Crippen molar-refractivity contribution < 1.29 is 14.3 Å². The molecule has 2 aromatic rings. The van der Waals surface area contributed by atoms with Crippen LogP contribution in [-0.2, 0) is 17.4 Å². The van der Waals surface area contributed by atoms with Crippen LogP contribution in [-0.4, -0.2) is 33.1 Å². The molecule has 1 heterocycles. The van der Waals surface area contributed by atoms with Gasteiger partial charge in [0, 0.05) is 23.7 Å². The van der Waals surface area contributed by atoms with Gasteiger partial charge < -0.3 is 10.4 Å². The van der Waals surface area contributed by atoms with Gasteiger partial charge in [0.05, 0.1) is 18.5 Å². The van der Waals surface area contributed by atoms with E-state index in [2.05, 4.69) is 10.4 Å². The summed E-state index contributed by atoms with van der Waals surface area (Å²) >= 11 is 1.31. The minimum Gasteiger partial charge on any atom is -0.383 e. The Bertz CT molecular complexity index is 640. The summed E-state index contributed by atoms with van der Waals surface area (Å²) < 4.78 is 14.4. The van der Waals surface area contributed by atoms with Gasteiger partial charge in [-0.3, -0.25) is 9.48 Å². The second-order valence-electron chi connectivity index (χ2n) is 5.20. The minimum atomic E-state index is -1.18. The lowest BCUT2D eigenvalue weighted by molar-refractivity contribution is -0.119. The number of nitrogens with one attached hydrogen (secondary N) is 1. The highest BCUT2D eigenvalue weighted by atomic mass is 32.2. The third-order valence-electron chi connectivity index (χ3n) is 3.14. The van der Waals surface area contributed by atoms with Crippen LogP contribution in [0.2, 0.25) is 0 Å². The Balaban J connectivity index is 1.81. The van der Waals surface area contributed by atoms with Crippen molar-refractivity contribution >= 4 is 17.7 Å². The Labute approximate surface area is 132 Å². The Hall–Kier alpha value is -1.86. The number of rotatable bonds is 6. The Morgan fingerprint density at radius 3 is 2.73 bits per heavy atom. The minimum absolute atomic E-state index is 0.0987. The zero-order chi connectivity index (χ0) is 16.2. The predicted octanol–water partition coefficient (Wildman–Crippen LogP) is 1.68. The van der Waals surface area contributed by atoms with E-state index in [1.165, 1.54) is 23.9 Å². The first-order valence-corrected chi connectivity index (χ1v) is 7.72. The first-order valence-electron chi connectivity index (χ1n) is 6.73. The maximum atomic E-state index is 12.8. The molecule has 0 fully saturated rings. The summed E-state index contributed by atoms with van der Waals surface area (Å²) in [4.78, 5) is 12.6. The number of carbonyl (C=O) groups excluding carboxylic acids is 1. The zero-order valence-corrected chi connectivity index (χ0v) is 13.2. The van der Waals surface area contributed by atoms with Gasteiger partial charge in [-0.25, -0.2) is 4.39 Å². The van der Waals surface area contributed by atoms with E-state index in [4.69, 9.17) is 0 Å². The molecule has 0 aliphatic carbocycles. The van der Waals surface area contributed by atoms with Gasteiger partial charge in [0.25, 0.3) is 0 Å². The largest absolute Gasteiger partial charge is 0.383 e. The molecule has 0 saturated carbocycles. The third-order valence-corrected chi connectivity index (χ3v) is 4.15. The van der Waals surface area contributed by atoms with Crippen LogP contribution in [0.5, 0.6) is 0 Å². The van der Waals surface area contributed by atoms with E-state index >= 15 is 0 Å². The molecule has 1 unspecified atom stereocenters. The van der Waals surface area contributed by atoms with E-state index in [-0.39, 0.29) is 24.0 Å². The number of thioether (sulfide) groups is 1. The average molecular weight is 323 g/mol. The molecule has 1 atom stereocenters. The smallest absolute Gasteiger partial charge is 0.230 e. The standard InChI is InChI=1S/C15H18FN3O2S/c1-15(21,11-7-18-19(2)8-11)10-17-14(20)9-22-13-5-3-12(16)4-6-13/h3-8,21H,9-10H2,1-2H3,(H,17,20). The molecule has 1 aromatic carbocycles. The van der Waals surface area contributed by atoms with Crippen molar-refractivity contribution in [3.63, 3.8) is 0 Å². The van der Waals surface area contributed by atoms with E-state index in [0.29, 0.717) is 5.56 Å². The molecular weight excluding hydrogens is 305 g/mol. The lowest BCUT2D eigenvalue weighted by Crippen LogP contribution is -2.39. The van der Waals surface area contributed by atoms with Gasteiger partial charge in [0.2, 0.25) is 5.91 Å². The van der Waals surface area contributed by atoms with Crippen LogP contribution in [0, 0.1) is 5.82 Å². The average Bonchev–Trinajstić information content (AvgIpc) is 2.92. The van der Waals surface area contributed by atoms with Crippen LogP contribution in [0.15, 0.2) is 41.6 Å². The zero-order valence-electron chi connectivity index (χ0n) is 12.4. The van der Waals surface area contributed by atoms with Gasteiger partial charge in [-0.15, -0.1) is 11.8 Å². The number of nitrogens with zero attached hydrogens (tertiary/aromatic N) is 2. The number of hydrogen-bond donors (Lipinski definition) is 2. The number of aliphatic hydroxyl groups is 1. The van der Waals surface area contributed by atoms with Crippen LogP contribution < -0.4 is 5.32 Å². The van der Waals surface area contributed by atoms with Crippen LogP contribution in [0.1, 0.15) is 12.5 Å². The van der Waals surface area contributed by atoms with Crippen molar-refractivity contribution in [1.29, 1.82) is 0 Å². The molecule has 0 radical (unpaired) electrons. The van der Waals surface area contributed by atoms with Crippen molar-refractivity contribution in [3.05, 3.63) is 48.0 Å². The van der Waals surface area contributed by atoms with Gasteiger partial charge in [-0.05, 0) is 31.2 Å². The number of hydrogen-bond acceptors (Lipinski definition) is 4. The molecule has 7 heteroatoms. The predicted molar refractivity (Wildman–Crippen MR) is 82.9 cm³/mol. The first-order chi connectivity index (χ1) is 10.4. The van der Waals surface area contributed by atoms with E-state index in [9.17, 15) is 14.3 Å². The molecule has 0 aliphatic heterocycles. The monoisotopic (exact) mass is 323 g/mol. The molecule has 2 rings (SSSR count). The van der Waals surface area contributed by atoms with Crippen LogP contribution in [0.3, 0.4) is 0 Å². The lowest BCUT2D eigenvalue weighted by Gasteiger charge is -2.22. The summed E-state index contributed by atoms with van der Waals surface area (Å²) in [7, 11) is 1.76. The molecule has 0 spiro atoms. The van der Waals surface area contributed by atoms with Gasteiger partial charge >= 0.3 is 0 Å². The fourth-order valence-electron chi connectivity index (χ4n) is 1.80. The van der Waals surface area contributed by atoms with Gasteiger partial charge in [-0.1, -0.05) is 0 Å². The van der Waals surface area contributed by atoms with E-state index in [1.807, 2.05) is 0 Å². The van der Waals surface area contributed by atoms with E-state index < -0.39 is 5.60 Å². The molecule has 5 nitrogen and oxygen atoms in total. The lowest BCUT2D eigenvalue weighted by atomic mass is 10.00. The number of carbonyl (C=O) groups is 1. The number of halogens is 1. The molecule has 0 saturated heterocycles. The highest BCUT2D eigenvalue weighted by Crippen LogP contribution is 2.20. The van der Waals surface area contributed by atoms with Gasteiger partial charge in [0.15, 0.2) is 0 Å². The maximum absolute atomic E-state index is 12.8. The summed E-state index contributed by atoms with van der Waals surface area (Å²) in [6.07, 6.45) is 3.28. The fourth-order valence-corrected chi connectivity index (χ4v) is 2.53. The molecule has 2 N–H and O–H groups in total. The number of aryl methyl sites for hydroxylation is 1. The SMILES string of the molecule is Cn1cc(C(C)(O)CNC(=O)CSc2ccc(F)cc2)cn1. The summed E-state index contributed by atoms with van der Waals surface area (Å²) in [6, 6.07) is 5.96. The molecule has 22 heavy (non-hydrogen) atoms. The number of benzene rings is 1. The Kier molecular flexibility index (Phi) is 5.20. The van der Waals surface area contributed by atoms with Gasteiger partial charge in [0.1, 0.15) is 11.4 Å². The van der Waals surface area contributed by atoms with E-state index in [1.54, 1.807) is 43.2 Å². The number of amides is 1. The summed E-state index contributed by atoms with van der Waals surface area (Å²) in [5.74, 6) is -0.297. The fraction of sp³-hybridized carbons (Fsp3) is 0.333. The van der Waals surface area contributed by atoms with E-state index in [0.717, 1.165) is 4.90 Å². The summed E-state index contributed by atoms with van der Waals surface area (Å²) in [6.45, 7) is 1.72. The van der Waals surface area contributed by atoms with Crippen molar-refractivity contribution in [2.45, 2.75) is 17.4 Å². The second kappa shape index (κ2) is 6.93. The second-order valence-corrected chi connectivity index (χ2v) is 6.24. The molecule has 1 amide bonds. The summed E-state index contributed by atoms with van der Waals surface area (Å²) in [5.41, 5.74) is -0.536. The third kappa shape index (κ3) is 4.57. The first kappa shape index (κ1) is 16.5. The maximum Gasteiger partial charge on any atom is 0.230 e. The quantitative estimate of drug-likeness (QED) is 0.794. The van der Waals surface area contributed by atoms with Crippen molar-refractivity contribution in [2.75, 3.05) is 12.3 Å². The summed E-state index contributed by atoms with van der Waals surface area (Å²) in [5, 5.41) is 17.0. The highest BCUT2D eigenvalue weighted by molar-refractivity contribution is 8.00.